The lowest BCUT2D eigenvalue weighted by Crippen LogP contribution is -2.35. The first-order chi connectivity index (χ1) is 12.3. The summed E-state index contributed by atoms with van der Waals surface area (Å²) in [5, 5.41) is 23.8. The first-order valence-electron chi connectivity index (χ1n) is 7.68. The van der Waals surface area contributed by atoms with Gasteiger partial charge in [-0.25, -0.2) is 5.01 Å². The Hall–Kier alpha value is -3.68. The Balaban J connectivity index is 1.99. The zero-order chi connectivity index (χ0) is 19.0. The molecule has 132 valence electrons. The van der Waals surface area contributed by atoms with Gasteiger partial charge in [-0.1, -0.05) is 12.1 Å². The molecule has 2 aromatic rings. The number of nitro benzene ring substituents is 1. The second-order valence-electron chi connectivity index (χ2n) is 5.89. The number of aryl methyl sites for hydroxylation is 2. The van der Waals surface area contributed by atoms with Gasteiger partial charge in [-0.15, -0.1) is 5.75 Å². The molecule has 2 amide bonds. The number of nitro groups is 1. The van der Waals surface area contributed by atoms with Crippen LogP contribution in [0.4, 0.5) is 11.4 Å². The lowest BCUT2D eigenvalue weighted by Gasteiger charge is -2.16. The number of nitrogens with one attached hydrogen (secondary N) is 1. The minimum absolute atomic E-state index is 0.0976. The highest BCUT2D eigenvalue weighted by Crippen LogP contribution is 2.27. The lowest BCUT2D eigenvalue weighted by atomic mass is 10.1. The summed E-state index contributed by atoms with van der Waals surface area (Å²) in [5.74, 6) is -1.84. The number of nitrogens with zero attached hydrogens (tertiary/aromatic N) is 2. The Bertz CT molecular complexity index is 981. The Morgan fingerprint density at radius 1 is 1.08 bits per heavy atom. The summed E-state index contributed by atoms with van der Waals surface area (Å²) in [6, 6.07) is 8.40. The van der Waals surface area contributed by atoms with Gasteiger partial charge in [0, 0.05) is 12.1 Å². The van der Waals surface area contributed by atoms with Crippen molar-refractivity contribution in [2.75, 3.05) is 5.01 Å². The Morgan fingerprint density at radius 2 is 1.81 bits per heavy atom. The molecular weight excluding hydrogens is 338 g/mol. The molecule has 0 unspecified atom stereocenters. The number of benzene rings is 2. The van der Waals surface area contributed by atoms with Crippen molar-refractivity contribution in [3.8, 4) is 5.75 Å². The van der Waals surface area contributed by atoms with Crippen molar-refractivity contribution in [1.29, 1.82) is 0 Å². The SMILES string of the molecule is Cc1ccc(N2NC(=O)/C(=C/c3cc([N+](=O)[O-])ccc3[O-])C2=O)cc1C. The highest BCUT2D eigenvalue weighted by atomic mass is 16.6. The Morgan fingerprint density at radius 3 is 2.46 bits per heavy atom. The molecule has 1 fully saturated rings. The van der Waals surface area contributed by atoms with Gasteiger partial charge in [-0.3, -0.25) is 25.1 Å². The normalized spacial score (nSPS) is 15.5. The Labute approximate surface area is 148 Å². The molecule has 1 aliphatic rings. The molecule has 1 saturated heterocycles. The third-order valence-corrected chi connectivity index (χ3v) is 4.14. The number of hydrogen-bond acceptors (Lipinski definition) is 5. The van der Waals surface area contributed by atoms with Crippen LogP contribution in [0.5, 0.6) is 5.75 Å². The predicted molar refractivity (Wildman–Crippen MR) is 92.1 cm³/mol. The summed E-state index contributed by atoms with van der Waals surface area (Å²) in [5.41, 5.74) is 4.24. The van der Waals surface area contributed by atoms with Crippen molar-refractivity contribution >= 4 is 29.3 Å². The lowest BCUT2D eigenvalue weighted by molar-refractivity contribution is -0.385. The van der Waals surface area contributed by atoms with Gasteiger partial charge in [0.1, 0.15) is 5.57 Å². The second-order valence-corrected chi connectivity index (χ2v) is 5.89. The third-order valence-electron chi connectivity index (χ3n) is 4.14. The van der Waals surface area contributed by atoms with E-state index in [4.69, 9.17) is 0 Å². The maximum atomic E-state index is 12.6. The van der Waals surface area contributed by atoms with Crippen LogP contribution in [0.3, 0.4) is 0 Å². The fraction of sp³-hybridized carbons (Fsp3) is 0.111. The zero-order valence-corrected chi connectivity index (χ0v) is 14.0. The standard InChI is InChI=1S/C18H15N3O5/c1-10-3-4-13(7-11(10)2)20-18(24)15(17(23)19-20)9-12-8-14(21(25)26)5-6-16(12)22/h3-9,22H,1-2H3,(H,19,23)/p-1/b15-9-. The zero-order valence-electron chi connectivity index (χ0n) is 14.0. The molecule has 8 nitrogen and oxygen atoms in total. The van der Waals surface area contributed by atoms with Crippen molar-refractivity contribution in [3.05, 3.63) is 68.8 Å². The van der Waals surface area contributed by atoms with E-state index in [0.717, 1.165) is 40.4 Å². The van der Waals surface area contributed by atoms with E-state index in [9.17, 15) is 24.8 Å². The number of anilines is 1. The number of carbonyl (C=O) groups is 2. The van der Waals surface area contributed by atoms with E-state index in [1.165, 1.54) is 0 Å². The summed E-state index contributed by atoms with van der Waals surface area (Å²) in [4.78, 5) is 35.0. The molecule has 1 aliphatic heterocycles. The molecule has 0 atom stereocenters. The quantitative estimate of drug-likeness (QED) is 0.391. The topological polar surface area (TPSA) is 116 Å². The van der Waals surface area contributed by atoms with Crippen LogP contribution in [-0.4, -0.2) is 16.7 Å². The molecule has 0 radical (unpaired) electrons. The largest absolute Gasteiger partial charge is 0.872 e. The van der Waals surface area contributed by atoms with E-state index in [-0.39, 0.29) is 16.8 Å². The van der Waals surface area contributed by atoms with Gasteiger partial charge >= 0.3 is 0 Å². The van der Waals surface area contributed by atoms with Gasteiger partial charge in [-0.2, -0.15) is 0 Å². The van der Waals surface area contributed by atoms with Crippen molar-refractivity contribution < 1.29 is 19.6 Å². The highest BCUT2D eigenvalue weighted by Gasteiger charge is 2.34. The number of carbonyl (C=O) groups excluding carboxylic acids is 2. The van der Waals surface area contributed by atoms with Gasteiger partial charge in [-0.05, 0) is 48.7 Å². The number of hydrogen-bond donors (Lipinski definition) is 1. The monoisotopic (exact) mass is 352 g/mol. The molecule has 1 N–H and O–H groups in total. The average molecular weight is 352 g/mol. The maximum absolute atomic E-state index is 12.6. The molecule has 26 heavy (non-hydrogen) atoms. The average Bonchev–Trinajstić information content (AvgIpc) is 2.87. The number of hydrazine groups is 1. The summed E-state index contributed by atoms with van der Waals surface area (Å²) >= 11 is 0. The second kappa shape index (κ2) is 6.32. The number of rotatable bonds is 3. The van der Waals surface area contributed by atoms with Crippen molar-refractivity contribution in [3.63, 3.8) is 0 Å². The molecule has 1 heterocycles. The number of non-ortho nitro benzene ring substituents is 1. The molecule has 0 saturated carbocycles. The van der Waals surface area contributed by atoms with E-state index >= 15 is 0 Å². The molecule has 0 bridgehead atoms. The third kappa shape index (κ3) is 3.00. The van der Waals surface area contributed by atoms with Crippen LogP contribution in [0.25, 0.3) is 6.08 Å². The van der Waals surface area contributed by atoms with Crippen LogP contribution in [0.15, 0.2) is 42.0 Å². The van der Waals surface area contributed by atoms with Crippen LogP contribution in [-0.2, 0) is 9.59 Å². The fourth-order valence-electron chi connectivity index (χ4n) is 2.52. The molecule has 2 aromatic carbocycles. The van der Waals surface area contributed by atoms with Crippen molar-refractivity contribution in [2.24, 2.45) is 0 Å². The summed E-state index contributed by atoms with van der Waals surface area (Å²) < 4.78 is 0. The van der Waals surface area contributed by atoms with E-state index in [1.807, 2.05) is 19.9 Å². The van der Waals surface area contributed by atoms with Crippen LogP contribution in [0.2, 0.25) is 0 Å². The summed E-state index contributed by atoms with van der Waals surface area (Å²) in [6.45, 7) is 3.80. The molecule has 0 aliphatic carbocycles. The molecule has 3 rings (SSSR count). The van der Waals surface area contributed by atoms with Gasteiger partial charge in [0.05, 0.1) is 10.6 Å². The van der Waals surface area contributed by atoms with Crippen molar-refractivity contribution in [1.82, 2.24) is 5.43 Å². The molecule has 8 heteroatoms. The van der Waals surface area contributed by atoms with Crippen LogP contribution >= 0.6 is 0 Å². The van der Waals surface area contributed by atoms with Gasteiger partial charge in [0.2, 0.25) is 0 Å². The molecule has 0 aromatic heterocycles. The minimum Gasteiger partial charge on any atom is -0.872 e. The Kier molecular flexibility index (Phi) is 4.17. The van der Waals surface area contributed by atoms with E-state index < -0.39 is 22.5 Å². The first kappa shape index (κ1) is 17.2. The van der Waals surface area contributed by atoms with Crippen LogP contribution in [0.1, 0.15) is 16.7 Å². The van der Waals surface area contributed by atoms with E-state index in [2.05, 4.69) is 5.43 Å². The predicted octanol–water partition coefficient (Wildman–Crippen LogP) is 1.75. The van der Waals surface area contributed by atoms with E-state index in [0.29, 0.717) is 5.69 Å². The first-order valence-corrected chi connectivity index (χ1v) is 7.68. The molecule has 0 spiro atoms. The smallest absolute Gasteiger partial charge is 0.282 e. The maximum Gasteiger partial charge on any atom is 0.282 e. The van der Waals surface area contributed by atoms with Gasteiger partial charge in [0.15, 0.2) is 0 Å². The summed E-state index contributed by atoms with van der Waals surface area (Å²) in [7, 11) is 0. The van der Waals surface area contributed by atoms with Gasteiger partial charge in [0.25, 0.3) is 17.5 Å². The van der Waals surface area contributed by atoms with E-state index in [1.54, 1.807) is 12.1 Å². The fourth-order valence-corrected chi connectivity index (χ4v) is 2.52. The number of amides is 2. The van der Waals surface area contributed by atoms with Crippen LogP contribution < -0.4 is 15.5 Å². The van der Waals surface area contributed by atoms with Gasteiger partial charge < -0.3 is 5.11 Å². The molecular formula is C18H14N3O5-. The van der Waals surface area contributed by atoms with Crippen molar-refractivity contribution in [2.45, 2.75) is 13.8 Å². The summed E-state index contributed by atoms with van der Waals surface area (Å²) in [6.07, 6.45) is 1.08. The minimum atomic E-state index is -0.681. The van der Waals surface area contributed by atoms with Crippen LogP contribution in [0, 0.1) is 24.0 Å². The highest BCUT2D eigenvalue weighted by molar-refractivity contribution is 6.31.